The molecule has 0 aromatic carbocycles. The van der Waals surface area contributed by atoms with Crippen LogP contribution in [0.3, 0.4) is 0 Å². The standard InChI is InChI=1S/C78H156NO8P/c1-6-8-10-12-14-16-18-20-22-24-26-28-30-32-34-36-38-39-41-43-45-47-49-51-53-55-57-59-61-63-65-67-69-71-78(81)87-76(75-86-88(82,83)85-73-72-79(3,4)5)74-84-77(80)70-68-66-64-62-60-58-56-54-52-50-48-46-44-42-40-37-35-33-31-29-27-25-23-21-19-17-15-13-11-9-7-2/h76H,6-75H2,1-5H3/p+1. The van der Waals surface area contributed by atoms with Gasteiger partial charge >= 0.3 is 19.8 Å². The molecule has 0 amide bonds. The van der Waals surface area contributed by atoms with E-state index in [9.17, 15) is 19.0 Å². The number of carbonyl (C=O) groups excluding carboxylic acids is 2. The number of quaternary nitrogens is 1. The minimum atomic E-state index is -4.39. The van der Waals surface area contributed by atoms with Crippen LogP contribution in [-0.4, -0.2) is 74.9 Å². The summed E-state index contributed by atoms with van der Waals surface area (Å²) in [4.78, 5) is 36.0. The van der Waals surface area contributed by atoms with Gasteiger partial charge in [-0.1, -0.05) is 412 Å². The molecule has 0 aliphatic heterocycles. The van der Waals surface area contributed by atoms with Crippen LogP contribution >= 0.6 is 7.82 Å². The molecule has 0 saturated heterocycles. The number of esters is 2. The Balaban J connectivity index is 3.89. The third-order valence-corrected chi connectivity index (χ3v) is 19.6. The summed E-state index contributed by atoms with van der Waals surface area (Å²) < 4.78 is 34.8. The molecule has 0 aromatic heterocycles. The molecular weight excluding hydrogens is 1110 g/mol. The summed E-state index contributed by atoms with van der Waals surface area (Å²) in [5.41, 5.74) is 0. The zero-order valence-corrected chi connectivity index (χ0v) is 61.2. The molecule has 0 radical (unpaired) electrons. The summed E-state index contributed by atoms with van der Waals surface area (Å²) in [6, 6.07) is 0. The summed E-state index contributed by atoms with van der Waals surface area (Å²) in [6.07, 6.45) is 86.9. The van der Waals surface area contributed by atoms with E-state index < -0.39 is 26.5 Å². The monoisotopic (exact) mass is 1270 g/mol. The average molecular weight is 1270 g/mol. The fourth-order valence-electron chi connectivity index (χ4n) is 12.6. The number of likely N-dealkylation sites (N-methyl/N-ethyl adjacent to an activating group) is 1. The molecule has 88 heavy (non-hydrogen) atoms. The summed E-state index contributed by atoms with van der Waals surface area (Å²) in [5.74, 6) is -0.764. The molecule has 10 heteroatoms. The van der Waals surface area contributed by atoms with Crippen LogP contribution < -0.4 is 0 Å². The summed E-state index contributed by atoms with van der Waals surface area (Å²) in [5, 5.41) is 0. The lowest BCUT2D eigenvalue weighted by molar-refractivity contribution is -0.870. The Hall–Kier alpha value is -0.990. The number of hydrogen-bond acceptors (Lipinski definition) is 7. The van der Waals surface area contributed by atoms with Crippen LogP contribution in [0.5, 0.6) is 0 Å². The molecule has 1 N–H and O–H groups in total. The molecule has 0 bridgehead atoms. The second kappa shape index (κ2) is 70.3. The van der Waals surface area contributed by atoms with Crippen molar-refractivity contribution in [2.75, 3.05) is 47.5 Å². The lowest BCUT2D eigenvalue weighted by Gasteiger charge is -2.24. The first-order valence-corrected chi connectivity index (χ1v) is 41.3. The van der Waals surface area contributed by atoms with E-state index in [1.807, 2.05) is 21.1 Å². The molecule has 0 aliphatic carbocycles. The lowest BCUT2D eigenvalue weighted by atomic mass is 10.0. The lowest BCUT2D eigenvalue weighted by Crippen LogP contribution is -2.37. The third-order valence-electron chi connectivity index (χ3n) is 18.6. The minimum Gasteiger partial charge on any atom is -0.462 e. The maximum atomic E-state index is 12.9. The van der Waals surface area contributed by atoms with Crippen molar-refractivity contribution in [2.24, 2.45) is 0 Å². The van der Waals surface area contributed by atoms with Gasteiger partial charge in [-0.2, -0.15) is 0 Å². The van der Waals surface area contributed by atoms with Crippen LogP contribution in [0.15, 0.2) is 0 Å². The van der Waals surface area contributed by atoms with Crippen molar-refractivity contribution < 1.29 is 42.1 Å². The first-order chi connectivity index (χ1) is 43.0. The third kappa shape index (κ3) is 74.1. The number of ether oxygens (including phenoxy) is 2. The molecule has 0 aromatic rings. The van der Waals surface area contributed by atoms with Crippen LogP contribution in [0.1, 0.15) is 438 Å². The molecule has 9 nitrogen and oxygen atoms in total. The summed E-state index contributed by atoms with van der Waals surface area (Å²) in [6.45, 7) is 4.54. The second-order valence-electron chi connectivity index (χ2n) is 28.8. The number of phosphoric ester groups is 1. The molecule has 0 heterocycles. The van der Waals surface area contributed by atoms with Crippen LogP contribution in [0, 0.1) is 0 Å². The molecule has 0 rings (SSSR count). The average Bonchev–Trinajstić information content (AvgIpc) is 3.56. The Labute approximate surface area is 550 Å². The fourth-order valence-corrected chi connectivity index (χ4v) is 13.3. The Bertz CT molecular complexity index is 1440. The van der Waals surface area contributed by atoms with Gasteiger partial charge in [-0.05, 0) is 12.8 Å². The second-order valence-corrected chi connectivity index (χ2v) is 30.3. The van der Waals surface area contributed by atoms with E-state index in [1.165, 1.54) is 372 Å². The van der Waals surface area contributed by atoms with Gasteiger partial charge in [0.1, 0.15) is 19.8 Å². The molecule has 0 aliphatic rings. The van der Waals surface area contributed by atoms with Gasteiger partial charge in [0.2, 0.25) is 0 Å². The van der Waals surface area contributed by atoms with Crippen molar-refractivity contribution in [1.82, 2.24) is 0 Å². The van der Waals surface area contributed by atoms with E-state index >= 15 is 0 Å². The van der Waals surface area contributed by atoms with Gasteiger partial charge in [0.15, 0.2) is 6.10 Å². The number of carbonyl (C=O) groups is 2. The number of unbranched alkanes of at least 4 members (excludes halogenated alkanes) is 62. The van der Waals surface area contributed by atoms with Gasteiger partial charge in [-0.3, -0.25) is 18.6 Å². The molecule has 2 unspecified atom stereocenters. The number of rotatable bonds is 76. The smallest absolute Gasteiger partial charge is 0.462 e. The van der Waals surface area contributed by atoms with Crippen molar-refractivity contribution in [3.05, 3.63) is 0 Å². The first kappa shape index (κ1) is 87.0. The Morgan fingerprint density at radius 2 is 0.511 bits per heavy atom. The van der Waals surface area contributed by atoms with Crippen molar-refractivity contribution in [3.63, 3.8) is 0 Å². The van der Waals surface area contributed by atoms with Gasteiger partial charge in [0.05, 0.1) is 27.7 Å². The highest BCUT2D eigenvalue weighted by Gasteiger charge is 2.27. The van der Waals surface area contributed by atoms with E-state index in [1.54, 1.807) is 0 Å². The van der Waals surface area contributed by atoms with E-state index in [0.29, 0.717) is 17.4 Å². The first-order valence-electron chi connectivity index (χ1n) is 39.8. The van der Waals surface area contributed by atoms with E-state index in [0.717, 1.165) is 38.5 Å². The fraction of sp³-hybridized carbons (Fsp3) is 0.974. The predicted octanol–water partition coefficient (Wildman–Crippen LogP) is 26.1. The zero-order chi connectivity index (χ0) is 64.1. The Morgan fingerprint density at radius 1 is 0.307 bits per heavy atom. The van der Waals surface area contributed by atoms with E-state index in [2.05, 4.69) is 13.8 Å². The van der Waals surface area contributed by atoms with Crippen molar-refractivity contribution in [1.29, 1.82) is 0 Å². The quantitative estimate of drug-likeness (QED) is 0.0278. The summed E-state index contributed by atoms with van der Waals surface area (Å²) >= 11 is 0. The highest BCUT2D eigenvalue weighted by atomic mass is 31.2. The normalized spacial score (nSPS) is 12.9. The minimum absolute atomic E-state index is 0.0379. The van der Waals surface area contributed by atoms with Crippen LogP contribution in [0.4, 0.5) is 0 Å². The maximum Gasteiger partial charge on any atom is 0.472 e. The highest BCUT2D eigenvalue weighted by Crippen LogP contribution is 2.43. The summed E-state index contributed by atoms with van der Waals surface area (Å²) in [7, 11) is 1.51. The van der Waals surface area contributed by atoms with Crippen LogP contribution in [0.25, 0.3) is 0 Å². The number of hydrogen-bond donors (Lipinski definition) is 1. The van der Waals surface area contributed by atoms with Crippen molar-refractivity contribution >= 4 is 19.8 Å². The highest BCUT2D eigenvalue weighted by molar-refractivity contribution is 7.47. The number of nitrogens with zero attached hydrogens (tertiary/aromatic N) is 1. The van der Waals surface area contributed by atoms with Crippen LogP contribution in [0.2, 0.25) is 0 Å². The largest absolute Gasteiger partial charge is 0.472 e. The van der Waals surface area contributed by atoms with Gasteiger partial charge in [0.25, 0.3) is 0 Å². The van der Waals surface area contributed by atoms with E-state index in [4.69, 9.17) is 18.5 Å². The van der Waals surface area contributed by atoms with Crippen molar-refractivity contribution in [3.8, 4) is 0 Å². The Morgan fingerprint density at radius 3 is 0.727 bits per heavy atom. The predicted molar refractivity (Wildman–Crippen MR) is 382 cm³/mol. The van der Waals surface area contributed by atoms with E-state index in [-0.39, 0.29) is 25.6 Å². The molecule has 2 atom stereocenters. The topological polar surface area (TPSA) is 108 Å². The SMILES string of the molecule is CCCCCCCCCCCCCCCCCCCCCCCCCCCCCCCCCCCC(=O)OC(COC(=O)CCCCCCCCCCCCCCCCCCCCCCCCCCCCCCCCC)COP(=O)(O)OCC[N+](C)(C)C. The maximum absolute atomic E-state index is 12.9. The van der Waals surface area contributed by atoms with Crippen molar-refractivity contribution in [2.45, 2.75) is 444 Å². The molecule has 0 fully saturated rings. The number of phosphoric acid groups is 1. The van der Waals surface area contributed by atoms with Crippen LogP contribution in [-0.2, 0) is 32.7 Å². The molecule has 526 valence electrons. The van der Waals surface area contributed by atoms with Gasteiger partial charge < -0.3 is 18.9 Å². The van der Waals surface area contributed by atoms with Gasteiger partial charge in [-0.25, -0.2) is 4.57 Å². The Kier molecular flexibility index (Phi) is 69.5. The zero-order valence-electron chi connectivity index (χ0n) is 60.3. The molecule has 0 saturated carbocycles. The molecule has 0 spiro atoms. The van der Waals surface area contributed by atoms with Gasteiger partial charge in [-0.15, -0.1) is 0 Å². The molecular formula is C78H157NO8P+. The van der Waals surface area contributed by atoms with Gasteiger partial charge in [0, 0.05) is 12.8 Å².